The zero-order chi connectivity index (χ0) is 11.0. The summed E-state index contributed by atoms with van der Waals surface area (Å²) in [7, 11) is 0. The quantitative estimate of drug-likeness (QED) is 0.776. The first-order valence-electron chi connectivity index (χ1n) is 5.48. The number of aliphatic hydroxyl groups excluding tert-OH is 1. The van der Waals surface area contributed by atoms with Gasteiger partial charge in [-0.2, -0.15) is 0 Å². The highest BCUT2D eigenvalue weighted by Gasteiger charge is 2.21. The van der Waals surface area contributed by atoms with Crippen LogP contribution in [0, 0.1) is 0 Å². The van der Waals surface area contributed by atoms with Gasteiger partial charge < -0.3 is 10.0 Å². The third-order valence-electron chi connectivity index (χ3n) is 2.92. The Kier molecular flexibility index (Phi) is 2.22. The van der Waals surface area contributed by atoms with Crippen LogP contribution < -0.4 is 4.90 Å². The fourth-order valence-electron chi connectivity index (χ4n) is 2.05. The lowest BCUT2D eigenvalue weighted by atomic mass is 10.3. The molecule has 1 aliphatic rings. The molecule has 16 heavy (non-hydrogen) atoms. The summed E-state index contributed by atoms with van der Waals surface area (Å²) < 4.78 is 0. The van der Waals surface area contributed by atoms with Crippen LogP contribution in [-0.2, 0) is 0 Å². The number of hydrogen-bond donors (Lipinski definition) is 1. The fraction of sp³-hybridized carbons (Fsp3) is 0.333. The number of β-amino-alcohol motifs (C(OH)–C–C–N with tert-alkyl or cyclic N) is 1. The van der Waals surface area contributed by atoms with Gasteiger partial charge in [-0.05, 0) is 18.6 Å². The highest BCUT2D eigenvalue weighted by Crippen LogP contribution is 2.19. The Labute approximate surface area is 93.6 Å². The molecule has 1 fully saturated rings. The van der Waals surface area contributed by atoms with Crippen LogP contribution in [-0.4, -0.2) is 34.3 Å². The summed E-state index contributed by atoms with van der Waals surface area (Å²) >= 11 is 0. The summed E-state index contributed by atoms with van der Waals surface area (Å²) in [5.74, 6) is 0.857. The summed E-state index contributed by atoms with van der Waals surface area (Å²) in [6.07, 6.45) is 2.36. The third-order valence-corrected chi connectivity index (χ3v) is 2.92. The number of hydrogen-bond acceptors (Lipinski definition) is 4. The Morgan fingerprint density at radius 1 is 1.25 bits per heavy atom. The normalized spacial score (nSPS) is 20.6. The van der Waals surface area contributed by atoms with E-state index in [9.17, 15) is 5.11 Å². The molecule has 0 radical (unpaired) electrons. The van der Waals surface area contributed by atoms with Gasteiger partial charge in [0, 0.05) is 13.1 Å². The van der Waals surface area contributed by atoms with Crippen LogP contribution in [0.1, 0.15) is 6.42 Å². The smallest absolute Gasteiger partial charge is 0.147 e. The van der Waals surface area contributed by atoms with E-state index < -0.39 is 0 Å². The lowest BCUT2D eigenvalue weighted by molar-refractivity contribution is 0.198. The molecule has 0 aliphatic carbocycles. The molecule has 0 saturated carbocycles. The second-order valence-electron chi connectivity index (χ2n) is 4.11. The van der Waals surface area contributed by atoms with Gasteiger partial charge >= 0.3 is 0 Å². The zero-order valence-electron chi connectivity index (χ0n) is 8.87. The van der Waals surface area contributed by atoms with Crippen molar-refractivity contribution in [2.24, 2.45) is 0 Å². The van der Waals surface area contributed by atoms with Crippen LogP contribution in [0.3, 0.4) is 0 Å². The number of para-hydroxylation sites is 2. The monoisotopic (exact) mass is 215 g/mol. The SMILES string of the molecule is O[C@@H]1CCN(c2cnc3ccccc3n2)C1. The average Bonchev–Trinajstić information content (AvgIpc) is 2.75. The van der Waals surface area contributed by atoms with Gasteiger partial charge in [-0.15, -0.1) is 0 Å². The van der Waals surface area contributed by atoms with Crippen molar-refractivity contribution in [3.8, 4) is 0 Å². The molecule has 1 aromatic heterocycles. The molecule has 0 spiro atoms. The van der Waals surface area contributed by atoms with Gasteiger partial charge in [0.2, 0.25) is 0 Å². The maximum Gasteiger partial charge on any atom is 0.147 e. The molecule has 4 nitrogen and oxygen atoms in total. The second-order valence-corrected chi connectivity index (χ2v) is 4.11. The van der Waals surface area contributed by atoms with Crippen molar-refractivity contribution < 1.29 is 5.11 Å². The second kappa shape index (κ2) is 3.72. The van der Waals surface area contributed by atoms with Gasteiger partial charge in [0.25, 0.3) is 0 Å². The van der Waals surface area contributed by atoms with Gasteiger partial charge in [-0.1, -0.05) is 12.1 Å². The Morgan fingerprint density at radius 2 is 2.06 bits per heavy atom. The Balaban J connectivity index is 1.99. The van der Waals surface area contributed by atoms with E-state index in [-0.39, 0.29) is 6.10 Å². The van der Waals surface area contributed by atoms with E-state index in [1.807, 2.05) is 24.3 Å². The topological polar surface area (TPSA) is 49.2 Å². The molecule has 2 aromatic rings. The van der Waals surface area contributed by atoms with Gasteiger partial charge in [0.1, 0.15) is 5.82 Å². The summed E-state index contributed by atoms with van der Waals surface area (Å²) in [5.41, 5.74) is 1.81. The minimum atomic E-state index is -0.228. The highest BCUT2D eigenvalue weighted by molar-refractivity contribution is 5.75. The molecule has 0 amide bonds. The van der Waals surface area contributed by atoms with Crippen molar-refractivity contribution in [1.82, 2.24) is 9.97 Å². The van der Waals surface area contributed by atoms with E-state index in [0.717, 1.165) is 29.8 Å². The van der Waals surface area contributed by atoms with Gasteiger partial charge in [0.15, 0.2) is 0 Å². The van der Waals surface area contributed by atoms with E-state index in [1.54, 1.807) is 6.20 Å². The molecule has 0 unspecified atom stereocenters. The van der Waals surface area contributed by atoms with Crippen LogP contribution in [0.15, 0.2) is 30.5 Å². The van der Waals surface area contributed by atoms with Crippen molar-refractivity contribution in [3.05, 3.63) is 30.5 Å². The molecule has 1 N–H and O–H groups in total. The van der Waals surface area contributed by atoms with Crippen LogP contribution in [0.25, 0.3) is 11.0 Å². The molecule has 1 aromatic carbocycles. The van der Waals surface area contributed by atoms with E-state index >= 15 is 0 Å². The molecule has 2 heterocycles. The third kappa shape index (κ3) is 1.61. The minimum Gasteiger partial charge on any atom is -0.391 e. The van der Waals surface area contributed by atoms with E-state index in [0.29, 0.717) is 6.54 Å². The number of benzene rings is 1. The van der Waals surface area contributed by atoms with Crippen molar-refractivity contribution >= 4 is 16.9 Å². The van der Waals surface area contributed by atoms with E-state index in [2.05, 4.69) is 14.9 Å². The lowest BCUT2D eigenvalue weighted by Gasteiger charge is -2.16. The predicted octanol–water partition coefficient (Wildman–Crippen LogP) is 1.20. The summed E-state index contributed by atoms with van der Waals surface area (Å²) in [6, 6.07) is 7.82. The molecule has 1 saturated heterocycles. The van der Waals surface area contributed by atoms with Crippen molar-refractivity contribution in [2.45, 2.75) is 12.5 Å². The minimum absolute atomic E-state index is 0.228. The Bertz CT molecular complexity index is 514. The van der Waals surface area contributed by atoms with Gasteiger partial charge in [-0.3, -0.25) is 4.98 Å². The van der Waals surface area contributed by atoms with Crippen molar-refractivity contribution in [3.63, 3.8) is 0 Å². The number of fused-ring (bicyclic) bond motifs is 1. The Morgan fingerprint density at radius 3 is 2.81 bits per heavy atom. The lowest BCUT2D eigenvalue weighted by Crippen LogP contribution is -2.22. The predicted molar refractivity (Wildman–Crippen MR) is 62.4 cm³/mol. The summed E-state index contributed by atoms with van der Waals surface area (Å²) in [5, 5.41) is 9.48. The number of anilines is 1. The fourth-order valence-corrected chi connectivity index (χ4v) is 2.05. The molecule has 82 valence electrons. The van der Waals surface area contributed by atoms with Crippen molar-refractivity contribution in [2.75, 3.05) is 18.0 Å². The standard InChI is InChI=1S/C12H13N3O/c16-9-5-6-15(8-9)12-7-13-10-3-1-2-4-11(10)14-12/h1-4,7,9,16H,5-6,8H2/t9-/m1/s1. The highest BCUT2D eigenvalue weighted by atomic mass is 16.3. The molecular weight excluding hydrogens is 202 g/mol. The van der Waals surface area contributed by atoms with Gasteiger partial charge in [-0.25, -0.2) is 4.98 Å². The first kappa shape index (κ1) is 9.54. The van der Waals surface area contributed by atoms with E-state index in [1.165, 1.54) is 0 Å². The molecule has 1 atom stereocenters. The van der Waals surface area contributed by atoms with Crippen LogP contribution >= 0.6 is 0 Å². The first-order valence-corrected chi connectivity index (χ1v) is 5.48. The molecule has 4 heteroatoms. The maximum atomic E-state index is 9.48. The van der Waals surface area contributed by atoms with Gasteiger partial charge in [0.05, 0.1) is 23.3 Å². The number of aromatic nitrogens is 2. The maximum absolute atomic E-state index is 9.48. The van der Waals surface area contributed by atoms with Crippen molar-refractivity contribution in [1.29, 1.82) is 0 Å². The number of nitrogens with zero attached hydrogens (tertiary/aromatic N) is 3. The molecule has 0 bridgehead atoms. The first-order chi connectivity index (χ1) is 7.83. The number of rotatable bonds is 1. The summed E-state index contributed by atoms with van der Waals surface area (Å²) in [6.45, 7) is 1.52. The van der Waals surface area contributed by atoms with Crippen LogP contribution in [0.4, 0.5) is 5.82 Å². The van der Waals surface area contributed by atoms with Crippen LogP contribution in [0.5, 0.6) is 0 Å². The molecular formula is C12H13N3O. The number of aliphatic hydroxyl groups is 1. The average molecular weight is 215 g/mol. The molecule has 3 rings (SSSR count). The zero-order valence-corrected chi connectivity index (χ0v) is 8.87. The van der Waals surface area contributed by atoms with E-state index in [4.69, 9.17) is 0 Å². The molecule has 1 aliphatic heterocycles. The largest absolute Gasteiger partial charge is 0.391 e. The summed E-state index contributed by atoms with van der Waals surface area (Å²) in [4.78, 5) is 11.0. The van der Waals surface area contributed by atoms with Crippen LogP contribution in [0.2, 0.25) is 0 Å². The Hall–Kier alpha value is -1.68.